The van der Waals surface area contributed by atoms with Gasteiger partial charge in [0, 0.05) is 6.54 Å². The van der Waals surface area contributed by atoms with Crippen LogP contribution in [0.3, 0.4) is 0 Å². The normalized spacial score (nSPS) is 13.1. The lowest BCUT2D eigenvalue weighted by Gasteiger charge is -2.22. The molecule has 0 aliphatic heterocycles. The fourth-order valence-electron chi connectivity index (χ4n) is 1.35. The van der Waals surface area contributed by atoms with Crippen LogP contribution < -0.4 is 5.32 Å². The van der Waals surface area contributed by atoms with Crippen LogP contribution in [0.15, 0.2) is 0 Å². The van der Waals surface area contributed by atoms with Gasteiger partial charge in [0.05, 0.1) is 12.5 Å². The summed E-state index contributed by atoms with van der Waals surface area (Å²) in [6.07, 6.45) is -0.516. The molecule has 0 fully saturated rings. The Morgan fingerprint density at radius 2 is 1.78 bits per heavy atom. The van der Waals surface area contributed by atoms with Gasteiger partial charge in [0.25, 0.3) is 0 Å². The maximum absolute atomic E-state index is 11.7. The summed E-state index contributed by atoms with van der Waals surface area (Å²) < 4.78 is 10.1. The minimum atomic E-state index is -0.540. The second-order valence-electron chi connectivity index (χ2n) is 5.49. The molecule has 0 aliphatic rings. The smallest absolute Gasteiger partial charge is 0.407 e. The highest BCUT2D eigenvalue weighted by molar-refractivity contribution is 5.74. The van der Waals surface area contributed by atoms with E-state index in [9.17, 15) is 9.59 Å². The number of carbonyl (C=O) groups excluding carboxylic acids is 2. The number of hydrogen-bond donors (Lipinski definition) is 1. The largest absolute Gasteiger partial charge is 0.466 e. The number of carbonyl (C=O) groups is 2. The van der Waals surface area contributed by atoms with Gasteiger partial charge in [-0.05, 0) is 33.6 Å². The van der Waals surface area contributed by atoms with Gasteiger partial charge >= 0.3 is 12.1 Å². The van der Waals surface area contributed by atoms with E-state index in [0.717, 1.165) is 0 Å². The molecule has 5 nitrogen and oxygen atoms in total. The molecule has 1 unspecified atom stereocenters. The van der Waals surface area contributed by atoms with Crippen molar-refractivity contribution in [3.8, 4) is 0 Å². The number of alkyl carbamates (subject to hydrolysis) is 1. The summed E-state index contributed by atoms with van der Waals surface area (Å²) in [5.41, 5.74) is -0.540. The molecule has 0 rings (SSSR count). The zero-order valence-corrected chi connectivity index (χ0v) is 12.2. The Morgan fingerprint density at radius 1 is 1.22 bits per heavy atom. The molecule has 5 heteroatoms. The van der Waals surface area contributed by atoms with Gasteiger partial charge in [-0.15, -0.1) is 0 Å². The standard InChI is InChI=1S/C13H25NO4/c1-7-17-11(15)10(9(2)3)8-14-12(16)18-13(4,5)6/h9-10H,7-8H2,1-6H3,(H,14,16). The van der Waals surface area contributed by atoms with Crippen LogP contribution in [-0.2, 0) is 14.3 Å². The van der Waals surface area contributed by atoms with Gasteiger partial charge in [0.2, 0.25) is 0 Å². The van der Waals surface area contributed by atoms with Gasteiger partial charge in [0.1, 0.15) is 5.60 Å². The van der Waals surface area contributed by atoms with E-state index in [4.69, 9.17) is 9.47 Å². The highest BCUT2D eigenvalue weighted by atomic mass is 16.6. The van der Waals surface area contributed by atoms with Crippen LogP contribution in [0.5, 0.6) is 0 Å². The van der Waals surface area contributed by atoms with Crippen LogP contribution in [0.4, 0.5) is 4.79 Å². The predicted octanol–water partition coefficient (Wildman–Crippen LogP) is 2.35. The van der Waals surface area contributed by atoms with Gasteiger partial charge in [-0.1, -0.05) is 13.8 Å². The van der Waals surface area contributed by atoms with Crippen LogP contribution in [0.25, 0.3) is 0 Å². The molecule has 0 spiro atoms. The number of amides is 1. The third kappa shape index (κ3) is 7.14. The van der Waals surface area contributed by atoms with Crippen molar-refractivity contribution < 1.29 is 19.1 Å². The summed E-state index contributed by atoms with van der Waals surface area (Å²) in [4.78, 5) is 23.1. The average molecular weight is 259 g/mol. The van der Waals surface area contributed by atoms with Gasteiger partial charge in [0.15, 0.2) is 0 Å². The number of nitrogens with one attached hydrogen (secondary N) is 1. The first-order valence-electron chi connectivity index (χ1n) is 6.30. The molecule has 0 bridgehead atoms. The summed E-state index contributed by atoms with van der Waals surface area (Å²) in [5, 5.41) is 2.60. The van der Waals surface area contributed by atoms with E-state index < -0.39 is 11.7 Å². The lowest BCUT2D eigenvalue weighted by atomic mass is 9.96. The predicted molar refractivity (Wildman–Crippen MR) is 69.2 cm³/mol. The van der Waals surface area contributed by atoms with E-state index in [0.29, 0.717) is 6.61 Å². The maximum Gasteiger partial charge on any atom is 0.407 e. The first-order valence-corrected chi connectivity index (χ1v) is 6.30. The molecule has 106 valence electrons. The zero-order chi connectivity index (χ0) is 14.3. The average Bonchev–Trinajstić information content (AvgIpc) is 2.14. The Balaban J connectivity index is 4.28. The Morgan fingerprint density at radius 3 is 2.17 bits per heavy atom. The molecule has 0 heterocycles. The second kappa shape index (κ2) is 7.24. The van der Waals surface area contributed by atoms with E-state index in [1.165, 1.54) is 0 Å². The number of hydrogen-bond acceptors (Lipinski definition) is 4. The summed E-state index contributed by atoms with van der Waals surface area (Å²) in [7, 11) is 0. The minimum absolute atomic E-state index is 0.0963. The first-order chi connectivity index (χ1) is 8.17. The summed E-state index contributed by atoms with van der Waals surface area (Å²) >= 11 is 0. The fraction of sp³-hybridized carbons (Fsp3) is 0.846. The molecule has 0 radical (unpaired) electrons. The van der Waals surface area contributed by atoms with Crippen molar-refractivity contribution in [2.24, 2.45) is 11.8 Å². The summed E-state index contributed by atoms with van der Waals surface area (Å²) in [6, 6.07) is 0. The van der Waals surface area contributed by atoms with Crippen LogP contribution in [0.2, 0.25) is 0 Å². The number of ether oxygens (including phenoxy) is 2. The Labute approximate surface area is 109 Å². The highest BCUT2D eigenvalue weighted by Gasteiger charge is 2.25. The molecule has 1 N–H and O–H groups in total. The zero-order valence-electron chi connectivity index (χ0n) is 12.2. The van der Waals surface area contributed by atoms with Crippen molar-refractivity contribution in [1.29, 1.82) is 0 Å². The van der Waals surface area contributed by atoms with Crippen molar-refractivity contribution in [3.05, 3.63) is 0 Å². The molecule has 0 aliphatic carbocycles. The molecule has 0 aromatic heterocycles. The molecule has 0 aromatic carbocycles. The lowest BCUT2D eigenvalue weighted by molar-refractivity contribution is -0.149. The van der Waals surface area contributed by atoms with Crippen molar-refractivity contribution in [2.45, 2.75) is 47.1 Å². The van der Waals surface area contributed by atoms with Crippen molar-refractivity contribution in [2.75, 3.05) is 13.2 Å². The Bertz CT molecular complexity index is 281. The third-order valence-corrected chi connectivity index (χ3v) is 2.26. The fourth-order valence-corrected chi connectivity index (χ4v) is 1.35. The van der Waals surface area contributed by atoms with E-state index in [2.05, 4.69) is 5.32 Å². The monoisotopic (exact) mass is 259 g/mol. The van der Waals surface area contributed by atoms with E-state index in [1.54, 1.807) is 27.7 Å². The quantitative estimate of drug-likeness (QED) is 0.770. The third-order valence-electron chi connectivity index (χ3n) is 2.26. The van der Waals surface area contributed by atoms with E-state index >= 15 is 0 Å². The molecule has 18 heavy (non-hydrogen) atoms. The molecular weight excluding hydrogens is 234 g/mol. The van der Waals surface area contributed by atoms with Crippen LogP contribution in [0, 0.1) is 11.8 Å². The molecule has 1 amide bonds. The molecular formula is C13H25NO4. The highest BCUT2D eigenvalue weighted by Crippen LogP contribution is 2.12. The molecule has 0 saturated heterocycles. The number of rotatable bonds is 5. The molecule has 0 aromatic rings. The Kier molecular flexibility index (Phi) is 6.73. The molecule has 0 saturated carbocycles. The van der Waals surface area contributed by atoms with Crippen molar-refractivity contribution >= 4 is 12.1 Å². The van der Waals surface area contributed by atoms with Crippen LogP contribution >= 0.6 is 0 Å². The summed E-state index contributed by atoms with van der Waals surface area (Å²) in [5.74, 6) is -0.542. The first kappa shape index (κ1) is 16.7. The molecule has 1 atom stereocenters. The van der Waals surface area contributed by atoms with E-state index in [-0.39, 0.29) is 24.3 Å². The lowest BCUT2D eigenvalue weighted by Crippen LogP contribution is -2.39. The van der Waals surface area contributed by atoms with Crippen LogP contribution in [0.1, 0.15) is 41.5 Å². The second-order valence-corrected chi connectivity index (χ2v) is 5.49. The van der Waals surface area contributed by atoms with Gasteiger partial charge in [-0.2, -0.15) is 0 Å². The van der Waals surface area contributed by atoms with Crippen molar-refractivity contribution in [3.63, 3.8) is 0 Å². The van der Waals surface area contributed by atoms with E-state index in [1.807, 2.05) is 13.8 Å². The van der Waals surface area contributed by atoms with Crippen molar-refractivity contribution in [1.82, 2.24) is 5.32 Å². The van der Waals surface area contributed by atoms with Crippen LogP contribution in [-0.4, -0.2) is 30.8 Å². The van der Waals surface area contributed by atoms with Gasteiger partial charge in [-0.3, -0.25) is 4.79 Å². The topological polar surface area (TPSA) is 64.6 Å². The van der Waals surface area contributed by atoms with Gasteiger partial charge < -0.3 is 14.8 Å². The van der Waals surface area contributed by atoms with Gasteiger partial charge in [-0.25, -0.2) is 4.79 Å². The number of esters is 1. The maximum atomic E-state index is 11.7. The Hall–Kier alpha value is -1.26. The minimum Gasteiger partial charge on any atom is -0.466 e. The SMILES string of the molecule is CCOC(=O)C(CNC(=O)OC(C)(C)C)C(C)C. The summed E-state index contributed by atoms with van der Waals surface area (Å²) in [6.45, 7) is 11.5.